The van der Waals surface area contributed by atoms with Crippen molar-refractivity contribution in [3.63, 3.8) is 0 Å². The molecule has 0 saturated carbocycles. The summed E-state index contributed by atoms with van der Waals surface area (Å²) in [6.07, 6.45) is 1.79. The number of nitrogens with one attached hydrogen (secondary N) is 2. The molecule has 2 amide bonds. The normalized spacial score (nSPS) is 15.6. The average Bonchev–Trinajstić information content (AvgIpc) is 2.38. The Morgan fingerprint density at radius 2 is 2.28 bits per heavy atom. The second kappa shape index (κ2) is 5.18. The van der Waals surface area contributed by atoms with Gasteiger partial charge in [-0.3, -0.25) is 9.59 Å². The lowest BCUT2D eigenvalue weighted by Crippen LogP contribution is -2.34. The molecule has 0 aromatic heterocycles. The summed E-state index contributed by atoms with van der Waals surface area (Å²) in [7, 11) is 0. The number of aryl methyl sites for hydroxylation is 1. The van der Waals surface area contributed by atoms with E-state index in [4.69, 9.17) is 5.73 Å². The number of amides is 2. The van der Waals surface area contributed by atoms with Gasteiger partial charge in [-0.25, -0.2) is 0 Å². The fourth-order valence-corrected chi connectivity index (χ4v) is 1.88. The van der Waals surface area contributed by atoms with Gasteiger partial charge in [-0.2, -0.15) is 0 Å². The molecule has 0 radical (unpaired) electrons. The van der Waals surface area contributed by atoms with Crippen LogP contribution in [0, 0.1) is 0 Å². The SMILES string of the molecule is CC[C@H](N)C(=O)Nc1ccc2c(c1)CCC(=O)N2. The maximum atomic E-state index is 11.7. The fourth-order valence-electron chi connectivity index (χ4n) is 1.88. The lowest BCUT2D eigenvalue weighted by atomic mass is 10.0. The number of nitrogens with two attached hydrogens (primary N) is 1. The van der Waals surface area contributed by atoms with E-state index >= 15 is 0 Å². The largest absolute Gasteiger partial charge is 0.326 e. The van der Waals surface area contributed by atoms with Crippen molar-refractivity contribution in [2.75, 3.05) is 10.6 Å². The first kappa shape index (κ1) is 12.6. The van der Waals surface area contributed by atoms with Crippen LogP contribution >= 0.6 is 0 Å². The molecular weight excluding hydrogens is 230 g/mol. The molecule has 0 unspecified atom stereocenters. The molecule has 4 N–H and O–H groups in total. The third-order valence-corrected chi connectivity index (χ3v) is 3.04. The number of carbonyl (C=O) groups is 2. The number of hydrogen-bond acceptors (Lipinski definition) is 3. The van der Waals surface area contributed by atoms with Crippen molar-refractivity contribution >= 4 is 23.2 Å². The van der Waals surface area contributed by atoms with E-state index in [9.17, 15) is 9.59 Å². The van der Waals surface area contributed by atoms with Crippen molar-refractivity contribution < 1.29 is 9.59 Å². The monoisotopic (exact) mass is 247 g/mol. The first-order valence-corrected chi connectivity index (χ1v) is 6.09. The number of carbonyl (C=O) groups excluding carboxylic acids is 2. The second-order valence-electron chi connectivity index (χ2n) is 4.42. The van der Waals surface area contributed by atoms with Crippen LogP contribution in [0.4, 0.5) is 11.4 Å². The summed E-state index contributed by atoms with van der Waals surface area (Å²) < 4.78 is 0. The minimum Gasteiger partial charge on any atom is -0.326 e. The number of rotatable bonds is 3. The molecular formula is C13H17N3O2. The average molecular weight is 247 g/mol. The van der Waals surface area contributed by atoms with Crippen LogP contribution in [-0.2, 0) is 16.0 Å². The molecule has 1 aromatic carbocycles. The minimum atomic E-state index is -0.485. The topological polar surface area (TPSA) is 84.2 Å². The fraction of sp³-hybridized carbons (Fsp3) is 0.385. The van der Waals surface area contributed by atoms with E-state index in [1.54, 1.807) is 12.1 Å². The predicted molar refractivity (Wildman–Crippen MR) is 70.3 cm³/mol. The Balaban J connectivity index is 2.12. The zero-order valence-corrected chi connectivity index (χ0v) is 10.3. The molecule has 0 saturated heterocycles. The van der Waals surface area contributed by atoms with E-state index in [0.29, 0.717) is 19.3 Å². The molecule has 1 atom stereocenters. The first-order valence-electron chi connectivity index (χ1n) is 6.09. The van der Waals surface area contributed by atoms with Crippen molar-refractivity contribution in [2.45, 2.75) is 32.2 Å². The third-order valence-electron chi connectivity index (χ3n) is 3.04. The second-order valence-corrected chi connectivity index (χ2v) is 4.42. The Labute approximate surface area is 106 Å². The van der Waals surface area contributed by atoms with E-state index in [1.807, 2.05) is 13.0 Å². The van der Waals surface area contributed by atoms with Gasteiger partial charge in [0.25, 0.3) is 0 Å². The van der Waals surface area contributed by atoms with Crippen LogP contribution in [0.1, 0.15) is 25.3 Å². The van der Waals surface area contributed by atoms with E-state index in [0.717, 1.165) is 16.9 Å². The van der Waals surface area contributed by atoms with Gasteiger partial charge in [-0.05, 0) is 36.6 Å². The zero-order chi connectivity index (χ0) is 13.1. The summed E-state index contributed by atoms with van der Waals surface area (Å²) >= 11 is 0. The Hall–Kier alpha value is -1.88. The van der Waals surface area contributed by atoms with Gasteiger partial charge in [-0.1, -0.05) is 6.92 Å². The van der Waals surface area contributed by atoms with Gasteiger partial charge in [0.05, 0.1) is 6.04 Å². The van der Waals surface area contributed by atoms with Gasteiger partial charge in [-0.15, -0.1) is 0 Å². The molecule has 1 aliphatic rings. The van der Waals surface area contributed by atoms with Gasteiger partial charge < -0.3 is 16.4 Å². The quantitative estimate of drug-likeness (QED) is 0.751. The smallest absolute Gasteiger partial charge is 0.241 e. The lowest BCUT2D eigenvalue weighted by molar-refractivity contribution is -0.117. The van der Waals surface area contributed by atoms with Crippen LogP contribution in [0.25, 0.3) is 0 Å². The maximum absolute atomic E-state index is 11.7. The molecule has 2 rings (SSSR count). The number of benzene rings is 1. The highest BCUT2D eigenvalue weighted by atomic mass is 16.2. The lowest BCUT2D eigenvalue weighted by Gasteiger charge is -2.18. The van der Waals surface area contributed by atoms with Crippen molar-refractivity contribution in [1.82, 2.24) is 0 Å². The molecule has 96 valence electrons. The summed E-state index contributed by atoms with van der Waals surface area (Å²) in [6, 6.07) is 4.97. The molecule has 0 bridgehead atoms. The van der Waals surface area contributed by atoms with E-state index < -0.39 is 6.04 Å². The molecule has 0 aliphatic carbocycles. The predicted octanol–water partition coefficient (Wildman–Crippen LogP) is 1.25. The van der Waals surface area contributed by atoms with E-state index in [2.05, 4.69) is 10.6 Å². The molecule has 0 fully saturated rings. The van der Waals surface area contributed by atoms with Crippen LogP contribution in [0.15, 0.2) is 18.2 Å². The van der Waals surface area contributed by atoms with Crippen molar-refractivity contribution in [3.05, 3.63) is 23.8 Å². The van der Waals surface area contributed by atoms with Crippen molar-refractivity contribution in [1.29, 1.82) is 0 Å². The van der Waals surface area contributed by atoms with Crippen LogP contribution in [0.3, 0.4) is 0 Å². The summed E-state index contributed by atoms with van der Waals surface area (Å²) in [5.41, 5.74) is 8.23. The van der Waals surface area contributed by atoms with Crippen molar-refractivity contribution in [3.8, 4) is 0 Å². The van der Waals surface area contributed by atoms with Gasteiger partial charge in [0, 0.05) is 17.8 Å². The standard InChI is InChI=1S/C13H17N3O2/c1-2-10(14)13(18)15-9-4-5-11-8(7-9)3-6-12(17)16-11/h4-5,7,10H,2-3,6,14H2,1H3,(H,15,18)(H,16,17)/t10-/m0/s1. The molecule has 1 heterocycles. The van der Waals surface area contributed by atoms with Gasteiger partial charge in [0.1, 0.15) is 0 Å². The molecule has 1 aliphatic heterocycles. The summed E-state index contributed by atoms with van der Waals surface area (Å²) in [5, 5.41) is 5.58. The van der Waals surface area contributed by atoms with Crippen LogP contribution < -0.4 is 16.4 Å². The van der Waals surface area contributed by atoms with Crippen LogP contribution in [0.5, 0.6) is 0 Å². The number of hydrogen-bond donors (Lipinski definition) is 3. The van der Waals surface area contributed by atoms with Crippen LogP contribution in [-0.4, -0.2) is 17.9 Å². The molecule has 5 nitrogen and oxygen atoms in total. The Morgan fingerprint density at radius 1 is 1.50 bits per heavy atom. The van der Waals surface area contributed by atoms with E-state index in [-0.39, 0.29) is 11.8 Å². The third kappa shape index (κ3) is 2.68. The minimum absolute atomic E-state index is 0.0345. The Morgan fingerprint density at radius 3 is 3.00 bits per heavy atom. The highest BCUT2D eigenvalue weighted by Crippen LogP contribution is 2.25. The molecule has 5 heteroatoms. The Bertz CT molecular complexity index is 485. The first-order chi connectivity index (χ1) is 8.60. The highest BCUT2D eigenvalue weighted by molar-refractivity contribution is 5.97. The zero-order valence-electron chi connectivity index (χ0n) is 10.3. The van der Waals surface area contributed by atoms with Gasteiger partial charge in [0.15, 0.2) is 0 Å². The van der Waals surface area contributed by atoms with Gasteiger partial charge in [0.2, 0.25) is 11.8 Å². The van der Waals surface area contributed by atoms with E-state index in [1.165, 1.54) is 0 Å². The molecule has 1 aromatic rings. The molecule has 18 heavy (non-hydrogen) atoms. The van der Waals surface area contributed by atoms with Crippen LogP contribution in [0.2, 0.25) is 0 Å². The Kier molecular flexibility index (Phi) is 3.62. The number of anilines is 2. The summed E-state index contributed by atoms with van der Waals surface area (Å²) in [6.45, 7) is 1.87. The summed E-state index contributed by atoms with van der Waals surface area (Å²) in [4.78, 5) is 22.9. The van der Waals surface area contributed by atoms with Gasteiger partial charge >= 0.3 is 0 Å². The maximum Gasteiger partial charge on any atom is 0.241 e. The molecule has 0 spiro atoms. The van der Waals surface area contributed by atoms with Crippen molar-refractivity contribution in [2.24, 2.45) is 5.73 Å². The number of fused-ring (bicyclic) bond motifs is 1. The summed E-state index contributed by atoms with van der Waals surface area (Å²) in [5.74, 6) is -0.149. The highest BCUT2D eigenvalue weighted by Gasteiger charge is 2.16.